The molecule has 28 heavy (non-hydrogen) atoms. The van der Waals surface area contributed by atoms with Crippen LogP contribution in [0.15, 0.2) is 18.2 Å². The van der Waals surface area contributed by atoms with Gasteiger partial charge in [0.2, 0.25) is 0 Å². The SMILES string of the molecule is Cc1nc2cc(Cl)ccc2c2c1nc(C1CCCC1)n2CCC1CCNCC1. The summed E-state index contributed by atoms with van der Waals surface area (Å²) in [7, 11) is 0. The lowest BCUT2D eigenvalue weighted by Crippen LogP contribution is -2.28. The smallest absolute Gasteiger partial charge is 0.113 e. The fraction of sp³-hybridized carbons (Fsp3) is 0.565. The number of imidazole rings is 1. The summed E-state index contributed by atoms with van der Waals surface area (Å²) in [6, 6.07) is 6.11. The molecule has 1 aliphatic carbocycles. The summed E-state index contributed by atoms with van der Waals surface area (Å²) in [6.07, 6.45) is 9.03. The van der Waals surface area contributed by atoms with Gasteiger partial charge in [-0.15, -0.1) is 0 Å². The number of pyridine rings is 1. The van der Waals surface area contributed by atoms with Gasteiger partial charge in [0, 0.05) is 22.9 Å². The summed E-state index contributed by atoms with van der Waals surface area (Å²) in [5.74, 6) is 2.72. The molecule has 2 aliphatic rings. The Balaban J connectivity index is 1.64. The summed E-state index contributed by atoms with van der Waals surface area (Å²) in [6.45, 7) is 5.48. The minimum atomic E-state index is 0.599. The average molecular weight is 397 g/mol. The molecule has 1 aliphatic heterocycles. The average Bonchev–Trinajstić information content (AvgIpc) is 3.35. The van der Waals surface area contributed by atoms with Crippen molar-refractivity contribution in [3.8, 4) is 0 Å². The largest absolute Gasteiger partial charge is 0.327 e. The second-order valence-electron chi connectivity index (χ2n) is 8.64. The van der Waals surface area contributed by atoms with Gasteiger partial charge in [0.15, 0.2) is 0 Å². The van der Waals surface area contributed by atoms with Gasteiger partial charge in [-0.2, -0.15) is 0 Å². The van der Waals surface area contributed by atoms with E-state index >= 15 is 0 Å². The molecule has 1 saturated carbocycles. The lowest BCUT2D eigenvalue weighted by atomic mass is 9.94. The first kappa shape index (κ1) is 18.4. The Hall–Kier alpha value is -1.65. The van der Waals surface area contributed by atoms with Crippen LogP contribution in [0.2, 0.25) is 5.02 Å². The summed E-state index contributed by atoms with van der Waals surface area (Å²) >= 11 is 6.27. The minimum absolute atomic E-state index is 0.599. The highest BCUT2D eigenvalue weighted by atomic mass is 35.5. The standard InChI is InChI=1S/C23H29ClN4/c1-15-21-22(19-7-6-18(24)14-20(19)26-15)28(13-10-16-8-11-25-12-9-16)23(27-21)17-4-2-3-5-17/h6-7,14,16-17,25H,2-5,8-13H2,1H3. The molecule has 0 spiro atoms. The topological polar surface area (TPSA) is 42.7 Å². The van der Waals surface area contributed by atoms with Crippen LogP contribution in [0, 0.1) is 12.8 Å². The van der Waals surface area contributed by atoms with Crippen molar-refractivity contribution in [2.24, 2.45) is 5.92 Å². The van der Waals surface area contributed by atoms with Crippen LogP contribution in [0.1, 0.15) is 62.4 Å². The molecule has 0 unspecified atom stereocenters. The molecule has 3 heterocycles. The molecule has 0 bridgehead atoms. The number of aromatic nitrogens is 3. The highest BCUT2D eigenvalue weighted by molar-refractivity contribution is 6.31. The highest BCUT2D eigenvalue weighted by Gasteiger charge is 2.26. The minimum Gasteiger partial charge on any atom is -0.327 e. The third-order valence-electron chi connectivity index (χ3n) is 6.78. The van der Waals surface area contributed by atoms with Crippen LogP contribution in [0.5, 0.6) is 0 Å². The molecule has 0 amide bonds. The number of hydrogen-bond acceptors (Lipinski definition) is 3. The molecule has 0 atom stereocenters. The van der Waals surface area contributed by atoms with Crippen molar-refractivity contribution >= 4 is 33.5 Å². The van der Waals surface area contributed by atoms with Crippen molar-refractivity contribution in [2.75, 3.05) is 13.1 Å². The zero-order valence-corrected chi connectivity index (χ0v) is 17.4. The quantitative estimate of drug-likeness (QED) is 0.624. The highest BCUT2D eigenvalue weighted by Crippen LogP contribution is 2.38. The zero-order chi connectivity index (χ0) is 19.1. The second kappa shape index (κ2) is 7.64. The Morgan fingerprint density at radius 1 is 1.11 bits per heavy atom. The predicted molar refractivity (Wildman–Crippen MR) is 116 cm³/mol. The second-order valence-corrected chi connectivity index (χ2v) is 9.08. The van der Waals surface area contributed by atoms with Gasteiger partial charge >= 0.3 is 0 Å². The molecule has 3 aromatic rings. The Labute approximate surface area is 171 Å². The molecule has 1 saturated heterocycles. The van der Waals surface area contributed by atoms with Crippen molar-refractivity contribution < 1.29 is 0 Å². The number of piperidine rings is 1. The first-order valence-corrected chi connectivity index (χ1v) is 11.2. The number of benzene rings is 1. The maximum Gasteiger partial charge on any atom is 0.113 e. The Kier molecular flexibility index (Phi) is 5.02. The van der Waals surface area contributed by atoms with Crippen molar-refractivity contribution in [3.63, 3.8) is 0 Å². The Morgan fingerprint density at radius 3 is 2.68 bits per heavy atom. The number of rotatable bonds is 4. The normalized spacial score (nSPS) is 19.2. The van der Waals surface area contributed by atoms with Gasteiger partial charge in [-0.05, 0) is 76.2 Å². The summed E-state index contributed by atoms with van der Waals surface area (Å²) in [5, 5.41) is 5.42. The monoisotopic (exact) mass is 396 g/mol. The van der Waals surface area contributed by atoms with Crippen molar-refractivity contribution in [1.29, 1.82) is 0 Å². The van der Waals surface area contributed by atoms with E-state index in [0.717, 1.165) is 47.3 Å². The van der Waals surface area contributed by atoms with E-state index in [1.165, 1.54) is 61.7 Å². The van der Waals surface area contributed by atoms with Gasteiger partial charge in [0.05, 0.1) is 16.7 Å². The zero-order valence-electron chi connectivity index (χ0n) is 16.7. The molecular weight excluding hydrogens is 368 g/mol. The Morgan fingerprint density at radius 2 is 1.89 bits per heavy atom. The molecule has 2 aromatic heterocycles. The number of halogens is 1. The molecular formula is C23H29ClN4. The van der Waals surface area contributed by atoms with Gasteiger partial charge in [-0.25, -0.2) is 4.98 Å². The number of fused-ring (bicyclic) bond motifs is 3. The van der Waals surface area contributed by atoms with Gasteiger partial charge in [-0.3, -0.25) is 4.98 Å². The van der Waals surface area contributed by atoms with E-state index < -0.39 is 0 Å². The summed E-state index contributed by atoms with van der Waals surface area (Å²) < 4.78 is 2.55. The number of nitrogens with one attached hydrogen (secondary N) is 1. The van der Waals surface area contributed by atoms with E-state index in [9.17, 15) is 0 Å². The van der Waals surface area contributed by atoms with Crippen molar-refractivity contribution in [3.05, 3.63) is 34.7 Å². The maximum atomic E-state index is 6.27. The third kappa shape index (κ3) is 3.31. The first-order valence-electron chi connectivity index (χ1n) is 10.9. The van der Waals surface area contributed by atoms with Crippen LogP contribution >= 0.6 is 11.6 Å². The molecule has 5 heteroatoms. The van der Waals surface area contributed by atoms with Crippen LogP contribution in [0.4, 0.5) is 0 Å². The molecule has 1 aromatic carbocycles. The van der Waals surface area contributed by atoms with Crippen LogP contribution in [0.25, 0.3) is 21.9 Å². The summed E-state index contributed by atoms with van der Waals surface area (Å²) in [5.41, 5.74) is 4.36. The van der Waals surface area contributed by atoms with Crippen LogP contribution in [-0.4, -0.2) is 27.6 Å². The van der Waals surface area contributed by atoms with E-state index in [4.69, 9.17) is 21.6 Å². The van der Waals surface area contributed by atoms with E-state index in [2.05, 4.69) is 22.9 Å². The van der Waals surface area contributed by atoms with Gasteiger partial charge in [0.1, 0.15) is 11.3 Å². The van der Waals surface area contributed by atoms with Gasteiger partial charge < -0.3 is 9.88 Å². The molecule has 5 rings (SSSR count). The van der Waals surface area contributed by atoms with E-state index in [-0.39, 0.29) is 0 Å². The predicted octanol–water partition coefficient (Wildman–Crippen LogP) is 5.59. The molecule has 4 nitrogen and oxygen atoms in total. The van der Waals surface area contributed by atoms with E-state index in [1.807, 2.05) is 12.1 Å². The molecule has 148 valence electrons. The van der Waals surface area contributed by atoms with Crippen LogP contribution in [-0.2, 0) is 6.54 Å². The van der Waals surface area contributed by atoms with E-state index in [0.29, 0.717) is 5.92 Å². The van der Waals surface area contributed by atoms with Crippen LogP contribution < -0.4 is 5.32 Å². The number of hydrogen-bond donors (Lipinski definition) is 1. The van der Waals surface area contributed by atoms with Crippen molar-refractivity contribution in [1.82, 2.24) is 19.9 Å². The number of aryl methyl sites for hydroxylation is 2. The van der Waals surface area contributed by atoms with Gasteiger partial charge in [-0.1, -0.05) is 24.4 Å². The first-order chi connectivity index (χ1) is 13.7. The van der Waals surface area contributed by atoms with Crippen LogP contribution in [0.3, 0.4) is 0 Å². The fourth-order valence-corrected chi connectivity index (χ4v) is 5.40. The van der Waals surface area contributed by atoms with Gasteiger partial charge in [0.25, 0.3) is 0 Å². The lowest BCUT2D eigenvalue weighted by Gasteiger charge is -2.23. The Bertz CT molecular complexity index is 997. The number of nitrogens with zero attached hydrogens (tertiary/aromatic N) is 3. The molecule has 2 fully saturated rings. The van der Waals surface area contributed by atoms with Crippen molar-refractivity contribution in [2.45, 2.75) is 64.3 Å². The molecule has 1 N–H and O–H groups in total. The fourth-order valence-electron chi connectivity index (χ4n) is 5.23. The third-order valence-corrected chi connectivity index (χ3v) is 7.02. The molecule has 0 radical (unpaired) electrons. The van der Waals surface area contributed by atoms with E-state index in [1.54, 1.807) is 0 Å². The maximum absolute atomic E-state index is 6.27. The summed E-state index contributed by atoms with van der Waals surface area (Å²) in [4.78, 5) is 10.0. The lowest BCUT2D eigenvalue weighted by molar-refractivity contribution is 0.336.